The minimum atomic E-state index is -4.44. The molecule has 2 heterocycles. The lowest BCUT2D eigenvalue weighted by Crippen LogP contribution is -2.23. The van der Waals surface area contributed by atoms with Crippen molar-refractivity contribution in [2.45, 2.75) is 32.0 Å². The highest BCUT2D eigenvalue weighted by atomic mass is 19.4. The predicted octanol–water partition coefficient (Wildman–Crippen LogP) is 3.72. The molecule has 8 nitrogen and oxygen atoms in total. The smallest absolute Gasteiger partial charge is 0.422 e. The Morgan fingerprint density at radius 1 is 1.19 bits per heavy atom. The van der Waals surface area contributed by atoms with Gasteiger partial charge in [-0.1, -0.05) is 5.16 Å². The first-order valence-electron chi connectivity index (χ1n) is 9.70. The number of nitrogens with one attached hydrogen (secondary N) is 1. The van der Waals surface area contributed by atoms with Crippen LogP contribution in [0, 0.1) is 0 Å². The van der Waals surface area contributed by atoms with Crippen LogP contribution in [0.1, 0.15) is 24.3 Å². The molecule has 0 aliphatic rings. The summed E-state index contributed by atoms with van der Waals surface area (Å²) in [5.74, 6) is 1.23. The molecule has 3 aromatic rings. The Morgan fingerprint density at radius 2 is 1.97 bits per heavy atom. The Hall–Kier alpha value is -3.63. The summed E-state index contributed by atoms with van der Waals surface area (Å²) >= 11 is 0. The number of hydrogen-bond donors (Lipinski definition) is 1. The van der Waals surface area contributed by atoms with Crippen LogP contribution in [0.2, 0.25) is 0 Å². The minimum absolute atomic E-state index is 0.145. The van der Waals surface area contributed by atoms with E-state index in [0.717, 1.165) is 11.3 Å². The standard InChI is InChI=1S/C21H21F3N4O4/c1-30-16-7-5-15(6-8-16)20-27-18(32-28-20)4-2-3-17(29)26-12-14-9-10-25-19(11-14)31-13-21(22,23)24/h5-11H,2-4,12-13H2,1H3,(H,26,29). The molecule has 0 radical (unpaired) electrons. The van der Waals surface area contributed by atoms with E-state index in [2.05, 4.69) is 25.2 Å². The number of aryl methyl sites for hydroxylation is 1. The van der Waals surface area contributed by atoms with Gasteiger partial charge in [0, 0.05) is 37.2 Å². The summed E-state index contributed by atoms with van der Waals surface area (Å²) in [6.07, 6.45) is -1.97. The molecule has 11 heteroatoms. The van der Waals surface area contributed by atoms with E-state index in [1.54, 1.807) is 25.3 Å². The van der Waals surface area contributed by atoms with Crippen molar-refractivity contribution in [2.75, 3.05) is 13.7 Å². The Kier molecular flexibility index (Phi) is 7.63. The van der Waals surface area contributed by atoms with Crippen LogP contribution in [0.25, 0.3) is 11.4 Å². The molecule has 3 rings (SSSR count). The number of nitrogens with zero attached hydrogens (tertiary/aromatic N) is 3. The lowest BCUT2D eigenvalue weighted by molar-refractivity contribution is -0.154. The number of rotatable bonds is 10. The number of carbonyl (C=O) groups excluding carboxylic acids is 1. The van der Waals surface area contributed by atoms with Gasteiger partial charge in [-0.05, 0) is 42.3 Å². The quantitative estimate of drug-likeness (QED) is 0.503. The molecule has 0 saturated carbocycles. The first kappa shape index (κ1) is 23.0. The molecule has 170 valence electrons. The van der Waals surface area contributed by atoms with Gasteiger partial charge in [-0.2, -0.15) is 18.2 Å². The molecule has 0 fully saturated rings. The van der Waals surface area contributed by atoms with Crippen molar-refractivity contribution in [2.24, 2.45) is 0 Å². The Morgan fingerprint density at radius 3 is 2.69 bits per heavy atom. The topological polar surface area (TPSA) is 99.4 Å². The Bertz CT molecular complexity index is 1020. The second-order valence-corrected chi connectivity index (χ2v) is 6.78. The highest BCUT2D eigenvalue weighted by Gasteiger charge is 2.28. The molecule has 0 saturated heterocycles. The molecule has 0 bridgehead atoms. The molecule has 0 aliphatic heterocycles. The summed E-state index contributed by atoms with van der Waals surface area (Å²) in [6, 6.07) is 10.2. The van der Waals surface area contributed by atoms with Crippen molar-refractivity contribution in [3.05, 3.63) is 54.0 Å². The fourth-order valence-corrected chi connectivity index (χ4v) is 2.70. The molecular formula is C21H21F3N4O4. The second kappa shape index (κ2) is 10.6. The Balaban J connectivity index is 1.41. The summed E-state index contributed by atoms with van der Waals surface area (Å²) in [7, 11) is 1.58. The number of pyridine rings is 1. The molecule has 0 aliphatic carbocycles. The summed E-state index contributed by atoms with van der Waals surface area (Å²) in [6.45, 7) is -1.28. The summed E-state index contributed by atoms with van der Waals surface area (Å²) in [4.78, 5) is 20.1. The third-order valence-corrected chi connectivity index (χ3v) is 4.28. The van der Waals surface area contributed by atoms with Gasteiger partial charge in [0.05, 0.1) is 7.11 Å². The molecule has 0 unspecified atom stereocenters. The zero-order chi connectivity index (χ0) is 23.0. The van der Waals surface area contributed by atoms with Gasteiger partial charge in [-0.3, -0.25) is 4.79 Å². The number of alkyl halides is 3. The lowest BCUT2D eigenvalue weighted by atomic mass is 10.2. The highest BCUT2D eigenvalue weighted by Crippen LogP contribution is 2.20. The van der Waals surface area contributed by atoms with Gasteiger partial charge in [0.15, 0.2) is 6.61 Å². The molecular weight excluding hydrogens is 429 g/mol. The van der Waals surface area contributed by atoms with E-state index < -0.39 is 12.8 Å². The SMILES string of the molecule is COc1ccc(-c2noc(CCCC(=O)NCc3ccnc(OCC(F)(F)F)c3)n2)cc1. The molecule has 1 N–H and O–H groups in total. The summed E-state index contributed by atoms with van der Waals surface area (Å²) < 4.78 is 51.6. The zero-order valence-electron chi connectivity index (χ0n) is 17.2. The number of amides is 1. The number of hydrogen-bond acceptors (Lipinski definition) is 7. The average molecular weight is 450 g/mol. The maximum absolute atomic E-state index is 12.2. The largest absolute Gasteiger partial charge is 0.497 e. The predicted molar refractivity (Wildman–Crippen MR) is 107 cm³/mol. The van der Waals surface area contributed by atoms with E-state index in [0.29, 0.717) is 30.1 Å². The van der Waals surface area contributed by atoms with Crippen LogP contribution in [-0.4, -0.2) is 40.9 Å². The van der Waals surface area contributed by atoms with Gasteiger partial charge < -0.3 is 19.3 Å². The van der Waals surface area contributed by atoms with E-state index in [9.17, 15) is 18.0 Å². The number of methoxy groups -OCH3 is 1. The molecule has 2 aromatic heterocycles. The van der Waals surface area contributed by atoms with Crippen LogP contribution in [0.3, 0.4) is 0 Å². The zero-order valence-corrected chi connectivity index (χ0v) is 17.2. The third kappa shape index (κ3) is 7.25. The molecule has 0 atom stereocenters. The van der Waals surface area contributed by atoms with Crippen LogP contribution in [0.5, 0.6) is 11.6 Å². The molecule has 32 heavy (non-hydrogen) atoms. The average Bonchev–Trinajstić information content (AvgIpc) is 3.25. The van der Waals surface area contributed by atoms with Gasteiger partial charge >= 0.3 is 6.18 Å². The molecule has 0 spiro atoms. The fourth-order valence-electron chi connectivity index (χ4n) is 2.70. The lowest BCUT2D eigenvalue weighted by Gasteiger charge is -2.09. The number of benzene rings is 1. The summed E-state index contributed by atoms with van der Waals surface area (Å²) in [5, 5.41) is 6.64. The monoisotopic (exact) mass is 450 g/mol. The van der Waals surface area contributed by atoms with Crippen LogP contribution in [-0.2, 0) is 17.8 Å². The summed E-state index contributed by atoms with van der Waals surface area (Å²) in [5.41, 5.74) is 1.36. The van der Waals surface area contributed by atoms with Gasteiger partial charge in [-0.15, -0.1) is 0 Å². The van der Waals surface area contributed by atoms with Crippen molar-refractivity contribution in [1.82, 2.24) is 20.4 Å². The van der Waals surface area contributed by atoms with Crippen LogP contribution in [0.15, 0.2) is 47.1 Å². The van der Waals surface area contributed by atoms with Gasteiger partial charge in [0.25, 0.3) is 0 Å². The molecule has 1 amide bonds. The van der Waals surface area contributed by atoms with E-state index >= 15 is 0 Å². The van der Waals surface area contributed by atoms with Crippen LogP contribution < -0.4 is 14.8 Å². The van der Waals surface area contributed by atoms with Crippen LogP contribution in [0.4, 0.5) is 13.2 Å². The minimum Gasteiger partial charge on any atom is -0.497 e. The number of aromatic nitrogens is 3. The van der Waals surface area contributed by atoms with Gasteiger partial charge in [-0.25, -0.2) is 4.98 Å². The van der Waals surface area contributed by atoms with Crippen molar-refractivity contribution >= 4 is 5.91 Å². The maximum atomic E-state index is 12.2. The first-order valence-corrected chi connectivity index (χ1v) is 9.70. The van der Waals surface area contributed by atoms with Gasteiger partial charge in [0.2, 0.25) is 23.5 Å². The number of carbonyl (C=O) groups is 1. The van der Waals surface area contributed by atoms with Crippen LogP contribution >= 0.6 is 0 Å². The van der Waals surface area contributed by atoms with E-state index in [1.165, 1.54) is 12.3 Å². The van der Waals surface area contributed by atoms with E-state index in [1.807, 2.05) is 12.1 Å². The maximum Gasteiger partial charge on any atom is 0.422 e. The molecule has 1 aromatic carbocycles. The van der Waals surface area contributed by atoms with Crippen molar-refractivity contribution in [3.8, 4) is 23.0 Å². The number of halogens is 3. The van der Waals surface area contributed by atoms with E-state index in [4.69, 9.17) is 9.26 Å². The van der Waals surface area contributed by atoms with Gasteiger partial charge in [0.1, 0.15) is 5.75 Å². The first-order chi connectivity index (χ1) is 15.3. The Labute approximate surface area is 181 Å². The third-order valence-electron chi connectivity index (χ3n) is 4.28. The normalized spacial score (nSPS) is 11.2. The number of ether oxygens (including phenoxy) is 2. The second-order valence-electron chi connectivity index (χ2n) is 6.78. The van der Waals surface area contributed by atoms with Crippen molar-refractivity contribution in [3.63, 3.8) is 0 Å². The van der Waals surface area contributed by atoms with E-state index in [-0.39, 0.29) is 24.8 Å². The van der Waals surface area contributed by atoms with Crippen molar-refractivity contribution in [1.29, 1.82) is 0 Å². The fraction of sp³-hybridized carbons (Fsp3) is 0.333. The highest BCUT2D eigenvalue weighted by molar-refractivity contribution is 5.75. The van der Waals surface area contributed by atoms with Crippen molar-refractivity contribution < 1.29 is 32.0 Å².